The fourth-order valence-corrected chi connectivity index (χ4v) is 3.46. The van der Waals surface area contributed by atoms with Crippen LogP contribution >= 0.6 is 15.9 Å². The first-order valence-corrected chi connectivity index (χ1v) is 9.31. The Kier molecular flexibility index (Phi) is 5.54. The van der Waals surface area contributed by atoms with E-state index in [1.165, 1.54) is 0 Å². The van der Waals surface area contributed by atoms with Crippen LogP contribution in [0.5, 0.6) is 0 Å². The monoisotopic (exact) mass is 395 g/mol. The molecule has 1 fully saturated rings. The number of hydrogen-bond donors (Lipinski definition) is 0. The van der Waals surface area contributed by atoms with Crippen LogP contribution < -0.4 is 4.90 Å². The van der Waals surface area contributed by atoms with E-state index in [2.05, 4.69) is 45.1 Å². The van der Waals surface area contributed by atoms with Gasteiger partial charge in [-0.2, -0.15) is 0 Å². The summed E-state index contributed by atoms with van der Waals surface area (Å²) in [4.78, 5) is 14.9. The fourth-order valence-electron chi connectivity index (χ4n) is 3.05. The maximum Gasteiger partial charge on any atom is 0.185 e. The highest BCUT2D eigenvalue weighted by atomic mass is 79.9. The van der Waals surface area contributed by atoms with Gasteiger partial charge >= 0.3 is 0 Å². The zero-order valence-corrected chi connectivity index (χ0v) is 16.2. The van der Waals surface area contributed by atoms with E-state index in [0.717, 1.165) is 51.7 Å². The number of carbonyl (C=O) groups is 1. The molecule has 0 unspecified atom stereocenters. The van der Waals surface area contributed by atoms with Crippen molar-refractivity contribution in [3.63, 3.8) is 0 Å². The van der Waals surface area contributed by atoms with Gasteiger partial charge in [-0.05, 0) is 66.8 Å². The Bertz CT molecular complexity index is 831. The maximum absolute atomic E-state index is 12.8. The Morgan fingerprint density at radius 3 is 2.16 bits per heavy atom. The molecule has 0 saturated heterocycles. The average Bonchev–Trinajstić information content (AvgIpc) is 2.59. The van der Waals surface area contributed by atoms with Crippen LogP contribution in [-0.4, -0.2) is 19.9 Å². The lowest BCUT2D eigenvalue weighted by Crippen LogP contribution is -2.12. The Morgan fingerprint density at radius 2 is 1.56 bits per heavy atom. The summed E-state index contributed by atoms with van der Waals surface area (Å²) in [5.41, 5.74) is 5.12. The van der Waals surface area contributed by atoms with E-state index in [1.807, 2.05) is 50.5 Å². The molecular weight excluding hydrogens is 374 g/mol. The third kappa shape index (κ3) is 4.49. The second-order valence-corrected chi connectivity index (χ2v) is 7.48. The molecule has 3 rings (SSSR count). The molecule has 1 saturated carbocycles. The molecule has 25 heavy (non-hydrogen) atoms. The van der Waals surface area contributed by atoms with Crippen LogP contribution in [-0.2, 0) is 4.79 Å². The molecule has 2 aromatic carbocycles. The topological polar surface area (TPSA) is 20.3 Å². The summed E-state index contributed by atoms with van der Waals surface area (Å²) < 4.78 is 1.03. The Balaban J connectivity index is 1.84. The van der Waals surface area contributed by atoms with Crippen molar-refractivity contribution in [3.8, 4) is 0 Å². The van der Waals surface area contributed by atoms with Gasteiger partial charge in [0.15, 0.2) is 5.78 Å². The number of rotatable bonds is 3. The first-order valence-electron chi connectivity index (χ1n) is 8.52. The van der Waals surface area contributed by atoms with Crippen molar-refractivity contribution in [2.24, 2.45) is 0 Å². The smallest absolute Gasteiger partial charge is 0.185 e. The lowest BCUT2D eigenvalue weighted by molar-refractivity contribution is -0.112. The summed E-state index contributed by atoms with van der Waals surface area (Å²) in [7, 11) is 4.05. The molecule has 0 atom stereocenters. The molecule has 0 N–H and O–H groups in total. The molecule has 0 aliphatic heterocycles. The van der Waals surface area contributed by atoms with Gasteiger partial charge in [0, 0.05) is 35.4 Å². The van der Waals surface area contributed by atoms with Crippen LogP contribution in [0.15, 0.2) is 64.1 Å². The minimum Gasteiger partial charge on any atom is -0.378 e. The van der Waals surface area contributed by atoms with Crippen LogP contribution in [0.1, 0.15) is 30.4 Å². The van der Waals surface area contributed by atoms with Gasteiger partial charge in [0.1, 0.15) is 0 Å². The van der Waals surface area contributed by atoms with E-state index in [9.17, 15) is 4.79 Å². The van der Waals surface area contributed by atoms with E-state index >= 15 is 0 Å². The van der Waals surface area contributed by atoms with Crippen molar-refractivity contribution in [1.82, 2.24) is 0 Å². The van der Waals surface area contributed by atoms with E-state index < -0.39 is 0 Å². The number of Topliss-reactive ketones (excluding diaryl/α,β-unsaturated/α-hetero) is 1. The van der Waals surface area contributed by atoms with Crippen LogP contribution in [0.2, 0.25) is 0 Å². The molecule has 0 radical (unpaired) electrons. The van der Waals surface area contributed by atoms with Crippen LogP contribution in [0.4, 0.5) is 5.69 Å². The lowest BCUT2D eigenvalue weighted by Gasteiger charge is -2.17. The summed E-state index contributed by atoms with van der Waals surface area (Å²) in [6.07, 6.45) is 6.78. The second kappa shape index (κ2) is 7.83. The van der Waals surface area contributed by atoms with Crippen molar-refractivity contribution in [3.05, 3.63) is 75.3 Å². The highest BCUT2D eigenvalue weighted by molar-refractivity contribution is 9.10. The molecule has 0 aromatic heterocycles. The van der Waals surface area contributed by atoms with Crippen LogP contribution in [0.25, 0.3) is 12.2 Å². The largest absolute Gasteiger partial charge is 0.378 e. The van der Waals surface area contributed by atoms with Gasteiger partial charge in [0.05, 0.1) is 0 Å². The molecule has 0 heterocycles. The summed E-state index contributed by atoms with van der Waals surface area (Å²) in [5, 5.41) is 0. The van der Waals surface area contributed by atoms with Gasteiger partial charge in [-0.1, -0.05) is 40.2 Å². The molecule has 0 spiro atoms. The van der Waals surface area contributed by atoms with Gasteiger partial charge in [-0.3, -0.25) is 4.79 Å². The van der Waals surface area contributed by atoms with Gasteiger partial charge < -0.3 is 4.90 Å². The first-order chi connectivity index (χ1) is 12.0. The summed E-state index contributed by atoms with van der Waals surface area (Å²) >= 11 is 3.49. The fraction of sp³-hybridized carbons (Fsp3) is 0.227. The number of allylic oxidation sites excluding steroid dienone is 2. The SMILES string of the molecule is CN(C)c1ccc(/C=C2\CCC/C(=C\c3cccc(Br)c3)C2=O)cc1. The standard InChI is InChI=1S/C22H22BrNO/c1-24(2)21-11-9-16(10-12-21)13-18-6-4-7-19(22(18)25)14-17-5-3-8-20(23)15-17/h3,5,8-15H,4,6-7H2,1-2H3/b18-13+,19-14+. The number of hydrogen-bond acceptors (Lipinski definition) is 2. The molecule has 1 aliphatic carbocycles. The zero-order chi connectivity index (χ0) is 17.8. The lowest BCUT2D eigenvalue weighted by atomic mass is 9.87. The van der Waals surface area contributed by atoms with Crippen molar-refractivity contribution >= 4 is 39.6 Å². The maximum atomic E-state index is 12.8. The minimum atomic E-state index is 0.183. The molecule has 128 valence electrons. The summed E-state index contributed by atoms with van der Waals surface area (Å²) in [6, 6.07) is 16.4. The normalized spacial score (nSPS) is 18.0. The van der Waals surface area contributed by atoms with Gasteiger partial charge in [-0.25, -0.2) is 0 Å². The molecule has 2 aromatic rings. The Hall–Kier alpha value is -2.13. The molecule has 0 bridgehead atoms. The van der Waals surface area contributed by atoms with Crippen LogP contribution in [0.3, 0.4) is 0 Å². The molecule has 3 heteroatoms. The van der Waals surface area contributed by atoms with Crippen molar-refractivity contribution in [2.45, 2.75) is 19.3 Å². The Labute approximate surface area is 158 Å². The van der Waals surface area contributed by atoms with Crippen molar-refractivity contribution in [1.29, 1.82) is 0 Å². The average molecular weight is 396 g/mol. The number of carbonyl (C=O) groups excluding carboxylic acids is 1. The number of anilines is 1. The van der Waals surface area contributed by atoms with E-state index in [1.54, 1.807) is 0 Å². The van der Waals surface area contributed by atoms with Crippen LogP contribution in [0, 0.1) is 0 Å². The van der Waals surface area contributed by atoms with E-state index in [0.29, 0.717) is 0 Å². The molecule has 0 amide bonds. The van der Waals surface area contributed by atoms with Crippen molar-refractivity contribution in [2.75, 3.05) is 19.0 Å². The minimum absolute atomic E-state index is 0.183. The number of ketones is 1. The summed E-state index contributed by atoms with van der Waals surface area (Å²) in [5.74, 6) is 0.183. The highest BCUT2D eigenvalue weighted by Gasteiger charge is 2.20. The third-order valence-electron chi connectivity index (χ3n) is 4.42. The number of nitrogens with zero attached hydrogens (tertiary/aromatic N) is 1. The van der Waals surface area contributed by atoms with E-state index in [-0.39, 0.29) is 5.78 Å². The predicted octanol–water partition coefficient (Wildman–Crippen LogP) is 5.74. The summed E-state index contributed by atoms with van der Waals surface area (Å²) in [6.45, 7) is 0. The first kappa shape index (κ1) is 17.7. The molecular formula is C22H22BrNO. The quantitative estimate of drug-likeness (QED) is 0.617. The zero-order valence-electron chi connectivity index (χ0n) is 14.6. The van der Waals surface area contributed by atoms with Gasteiger partial charge in [0.25, 0.3) is 0 Å². The third-order valence-corrected chi connectivity index (χ3v) is 4.91. The number of halogens is 1. The predicted molar refractivity (Wildman–Crippen MR) is 110 cm³/mol. The second-order valence-electron chi connectivity index (χ2n) is 6.56. The number of benzene rings is 2. The van der Waals surface area contributed by atoms with Gasteiger partial charge in [-0.15, -0.1) is 0 Å². The highest BCUT2D eigenvalue weighted by Crippen LogP contribution is 2.28. The van der Waals surface area contributed by atoms with Gasteiger partial charge in [0.2, 0.25) is 0 Å². The molecule has 1 aliphatic rings. The Morgan fingerprint density at radius 1 is 0.920 bits per heavy atom. The van der Waals surface area contributed by atoms with Crippen molar-refractivity contribution < 1.29 is 4.79 Å². The molecule has 2 nitrogen and oxygen atoms in total. The van der Waals surface area contributed by atoms with E-state index in [4.69, 9.17) is 0 Å².